The lowest BCUT2D eigenvalue weighted by Crippen LogP contribution is -2.33. The standard InChI is InChI=1S/C21H24N2O/c1-21(2,3)19(15-9-5-4-6-10-15)22-14-17-13-16-11-7-8-12-18(16)23-20(17)24/h4-13,19,22H,14H2,1-3H3,(H,23,24)/t19-/m0/s1. The van der Waals surface area contributed by atoms with Crippen molar-refractivity contribution in [2.45, 2.75) is 33.4 Å². The molecule has 3 heteroatoms. The largest absolute Gasteiger partial charge is 0.322 e. The Balaban J connectivity index is 1.87. The molecular formula is C21H24N2O. The molecule has 0 amide bonds. The van der Waals surface area contributed by atoms with Gasteiger partial charge in [-0.3, -0.25) is 4.79 Å². The molecule has 24 heavy (non-hydrogen) atoms. The molecule has 0 saturated carbocycles. The second-order valence-electron chi connectivity index (χ2n) is 7.30. The van der Waals surface area contributed by atoms with Gasteiger partial charge in [-0.15, -0.1) is 0 Å². The van der Waals surface area contributed by atoms with Gasteiger partial charge in [0.05, 0.1) is 0 Å². The maximum atomic E-state index is 12.3. The third-order valence-electron chi connectivity index (χ3n) is 4.33. The summed E-state index contributed by atoms with van der Waals surface area (Å²) in [5.41, 5.74) is 2.90. The van der Waals surface area contributed by atoms with Crippen molar-refractivity contribution in [1.82, 2.24) is 10.3 Å². The molecule has 0 aliphatic carbocycles. The molecule has 2 N–H and O–H groups in total. The van der Waals surface area contributed by atoms with Gasteiger partial charge in [-0.1, -0.05) is 69.3 Å². The number of fused-ring (bicyclic) bond motifs is 1. The maximum Gasteiger partial charge on any atom is 0.252 e. The zero-order valence-electron chi connectivity index (χ0n) is 14.5. The summed E-state index contributed by atoms with van der Waals surface area (Å²) in [5, 5.41) is 4.63. The van der Waals surface area contributed by atoms with Crippen molar-refractivity contribution in [3.63, 3.8) is 0 Å². The minimum Gasteiger partial charge on any atom is -0.322 e. The summed E-state index contributed by atoms with van der Waals surface area (Å²) in [4.78, 5) is 15.3. The quantitative estimate of drug-likeness (QED) is 0.748. The number of benzene rings is 2. The molecule has 2 aromatic carbocycles. The molecule has 0 aliphatic rings. The van der Waals surface area contributed by atoms with E-state index in [0.29, 0.717) is 6.54 Å². The van der Waals surface area contributed by atoms with Crippen LogP contribution in [0.4, 0.5) is 0 Å². The van der Waals surface area contributed by atoms with Crippen molar-refractivity contribution in [3.8, 4) is 0 Å². The summed E-state index contributed by atoms with van der Waals surface area (Å²) in [6.45, 7) is 7.17. The molecule has 0 bridgehead atoms. The summed E-state index contributed by atoms with van der Waals surface area (Å²) in [6, 6.07) is 20.4. The van der Waals surface area contributed by atoms with Gasteiger partial charge in [0.2, 0.25) is 0 Å². The van der Waals surface area contributed by atoms with E-state index in [1.54, 1.807) is 0 Å². The molecule has 1 heterocycles. The molecule has 0 saturated heterocycles. The fourth-order valence-electron chi connectivity index (χ4n) is 3.11. The van der Waals surface area contributed by atoms with Gasteiger partial charge < -0.3 is 10.3 Å². The smallest absolute Gasteiger partial charge is 0.252 e. The molecule has 1 aromatic heterocycles. The molecule has 0 fully saturated rings. The predicted octanol–water partition coefficient (Wildman–Crippen LogP) is 4.41. The average molecular weight is 320 g/mol. The Kier molecular flexibility index (Phi) is 4.54. The van der Waals surface area contributed by atoms with E-state index in [9.17, 15) is 4.79 Å². The summed E-state index contributed by atoms with van der Waals surface area (Å²) in [7, 11) is 0. The zero-order chi connectivity index (χ0) is 17.2. The molecule has 0 radical (unpaired) electrons. The van der Waals surface area contributed by atoms with Gasteiger partial charge in [-0.05, 0) is 28.5 Å². The van der Waals surface area contributed by atoms with Crippen LogP contribution in [0.5, 0.6) is 0 Å². The number of aromatic amines is 1. The van der Waals surface area contributed by atoms with E-state index in [2.05, 4.69) is 55.3 Å². The van der Waals surface area contributed by atoms with Crippen LogP contribution in [0.3, 0.4) is 0 Å². The van der Waals surface area contributed by atoms with Crippen molar-refractivity contribution in [2.75, 3.05) is 0 Å². The lowest BCUT2D eigenvalue weighted by atomic mass is 9.82. The number of H-pyrrole nitrogens is 1. The third kappa shape index (κ3) is 3.57. The highest BCUT2D eigenvalue weighted by Crippen LogP contribution is 2.32. The summed E-state index contributed by atoms with van der Waals surface area (Å²) < 4.78 is 0. The van der Waals surface area contributed by atoms with Gasteiger partial charge in [0.1, 0.15) is 0 Å². The Morgan fingerprint density at radius 3 is 2.38 bits per heavy atom. The molecule has 124 valence electrons. The van der Waals surface area contributed by atoms with Gasteiger partial charge in [0.25, 0.3) is 5.56 Å². The number of para-hydroxylation sites is 1. The van der Waals surface area contributed by atoms with Crippen molar-refractivity contribution < 1.29 is 0 Å². The first kappa shape index (κ1) is 16.5. The Morgan fingerprint density at radius 1 is 1.00 bits per heavy atom. The van der Waals surface area contributed by atoms with Gasteiger partial charge in [0, 0.05) is 23.7 Å². The first-order valence-electron chi connectivity index (χ1n) is 8.34. The number of aromatic nitrogens is 1. The van der Waals surface area contributed by atoms with E-state index in [1.165, 1.54) is 5.56 Å². The second kappa shape index (κ2) is 6.62. The number of hydrogen-bond donors (Lipinski definition) is 2. The third-order valence-corrected chi connectivity index (χ3v) is 4.33. The highest BCUT2D eigenvalue weighted by Gasteiger charge is 2.25. The first-order chi connectivity index (χ1) is 11.4. The van der Waals surface area contributed by atoms with Crippen molar-refractivity contribution in [2.24, 2.45) is 5.41 Å². The van der Waals surface area contributed by atoms with E-state index in [4.69, 9.17) is 0 Å². The fraction of sp³-hybridized carbons (Fsp3) is 0.286. The number of pyridine rings is 1. The fourth-order valence-corrected chi connectivity index (χ4v) is 3.11. The molecule has 3 nitrogen and oxygen atoms in total. The molecule has 3 rings (SSSR count). The first-order valence-corrected chi connectivity index (χ1v) is 8.34. The van der Waals surface area contributed by atoms with Crippen molar-refractivity contribution in [1.29, 1.82) is 0 Å². The number of hydrogen-bond acceptors (Lipinski definition) is 2. The van der Waals surface area contributed by atoms with Gasteiger partial charge >= 0.3 is 0 Å². The zero-order valence-corrected chi connectivity index (χ0v) is 14.5. The molecule has 0 spiro atoms. The second-order valence-corrected chi connectivity index (χ2v) is 7.30. The van der Waals surface area contributed by atoms with Crippen LogP contribution >= 0.6 is 0 Å². The van der Waals surface area contributed by atoms with Gasteiger partial charge in [-0.2, -0.15) is 0 Å². The van der Waals surface area contributed by atoms with E-state index in [0.717, 1.165) is 16.5 Å². The lowest BCUT2D eigenvalue weighted by Gasteiger charge is -2.32. The molecular weight excluding hydrogens is 296 g/mol. The normalized spacial score (nSPS) is 13.1. The van der Waals surface area contributed by atoms with Crippen LogP contribution in [0.25, 0.3) is 10.9 Å². The van der Waals surface area contributed by atoms with Crippen LogP contribution in [0.2, 0.25) is 0 Å². The van der Waals surface area contributed by atoms with Gasteiger partial charge in [-0.25, -0.2) is 0 Å². The number of rotatable bonds is 4. The minimum absolute atomic E-state index is 0.0260. The van der Waals surface area contributed by atoms with Crippen molar-refractivity contribution in [3.05, 3.63) is 82.1 Å². The summed E-state index contributed by atoms with van der Waals surface area (Å²) in [6.07, 6.45) is 0. The lowest BCUT2D eigenvalue weighted by molar-refractivity contribution is 0.271. The Morgan fingerprint density at radius 2 is 1.67 bits per heavy atom. The SMILES string of the molecule is CC(C)(C)[C@@H](NCc1cc2ccccc2[nH]c1=O)c1ccccc1. The molecule has 0 unspecified atom stereocenters. The average Bonchev–Trinajstić information content (AvgIpc) is 2.55. The van der Waals surface area contributed by atoms with Crippen LogP contribution in [0, 0.1) is 5.41 Å². The molecule has 1 atom stereocenters. The topological polar surface area (TPSA) is 44.9 Å². The highest BCUT2D eigenvalue weighted by atomic mass is 16.1. The Labute approximate surface area is 142 Å². The highest BCUT2D eigenvalue weighted by molar-refractivity contribution is 5.78. The molecule has 0 aliphatic heterocycles. The Bertz CT molecular complexity index is 875. The van der Waals surface area contributed by atoms with Crippen molar-refractivity contribution >= 4 is 10.9 Å². The maximum absolute atomic E-state index is 12.3. The Hall–Kier alpha value is -2.39. The van der Waals surface area contributed by atoms with E-state index >= 15 is 0 Å². The van der Waals surface area contributed by atoms with Crippen LogP contribution in [0.1, 0.15) is 37.9 Å². The van der Waals surface area contributed by atoms with E-state index in [-0.39, 0.29) is 17.0 Å². The van der Waals surface area contributed by atoms with Crippen LogP contribution in [0.15, 0.2) is 65.5 Å². The summed E-state index contributed by atoms with van der Waals surface area (Å²) in [5.74, 6) is 0. The molecule has 3 aromatic rings. The summed E-state index contributed by atoms with van der Waals surface area (Å²) >= 11 is 0. The van der Waals surface area contributed by atoms with Gasteiger partial charge in [0.15, 0.2) is 0 Å². The van der Waals surface area contributed by atoms with Crippen LogP contribution in [-0.4, -0.2) is 4.98 Å². The van der Waals surface area contributed by atoms with E-state index in [1.807, 2.05) is 36.4 Å². The van der Waals surface area contributed by atoms with Crippen LogP contribution < -0.4 is 10.9 Å². The monoisotopic (exact) mass is 320 g/mol. The van der Waals surface area contributed by atoms with Crippen LogP contribution in [-0.2, 0) is 6.54 Å². The number of nitrogens with one attached hydrogen (secondary N) is 2. The predicted molar refractivity (Wildman–Crippen MR) is 100 cm³/mol. The van der Waals surface area contributed by atoms with E-state index < -0.39 is 0 Å². The minimum atomic E-state index is -0.0260.